The van der Waals surface area contributed by atoms with E-state index in [2.05, 4.69) is 5.32 Å². The Bertz CT molecular complexity index is 651. The van der Waals surface area contributed by atoms with Crippen LogP contribution in [0.1, 0.15) is 20.0 Å². The van der Waals surface area contributed by atoms with E-state index >= 15 is 0 Å². The number of hydrogen-bond donors (Lipinski definition) is 3. The molecular weight excluding hydrogens is 287 g/mol. The molecule has 0 aliphatic rings. The van der Waals surface area contributed by atoms with E-state index in [4.69, 9.17) is 10.5 Å². The average molecular weight is 302 g/mol. The maximum Gasteiger partial charge on any atom is 0.350 e. The van der Waals surface area contributed by atoms with Crippen molar-refractivity contribution < 1.29 is 18.7 Å². The highest BCUT2D eigenvalue weighted by atomic mass is 19.1. The normalized spacial score (nSPS) is 13.3. The highest BCUT2D eigenvalue weighted by Gasteiger charge is 2.27. The van der Waals surface area contributed by atoms with Crippen molar-refractivity contribution in [3.8, 4) is 0 Å². The van der Waals surface area contributed by atoms with Gasteiger partial charge in [-0.25, -0.2) is 9.59 Å². The SMILES string of the molecule is CCOC(=O)C(NC(=O)[C@@H](C)N)n1cc(F)c(=O)[nH]c1=O. The van der Waals surface area contributed by atoms with Gasteiger partial charge >= 0.3 is 11.7 Å². The van der Waals surface area contributed by atoms with Gasteiger partial charge in [-0.1, -0.05) is 0 Å². The molecule has 0 radical (unpaired) electrons. The van der Waals surface area contributed by atoms with E-state index in [0.717, 1.165) is 0 Å². The van der Waals surface area contributed by atoms with Gasteiger partial charge in [-0.05, 0) is 13.8 Å². The molecule has 0 spiro atoms. The molecule has 2 atom stereocenters. The van der Waals surface area contributed by atoms with Crippen molar-refractivity contribution in [1.82, 2.24) is 14.9 Å². The highest BCUT2D eigenvalue weighted by Crippen LogP contribution is 2.03. The molecular formula is C11H15FN4O5. The highest BCUT2D eigenvalue weighted by molar-refractivity contribution is 5.86. The molecule has 0 aromatic carbocycles. The fraction of sp³-hybridized carbons (Fsp3) is 0.455. The monoisotopic (exact) mass is 302 g/mol. The molecule has 0 aliphatic carbocycles. The van der Waals surface area contributed by atoms with E-state index in [0.29, 0.717) is 10.8 Å². The quantitative estimate of drug-likeness (QED) is 0.549. The van der Waals surface area contributed by atoms with Crippen LogP contribution in [0.4, 0.5) is 4.39 Å². The van der Waals surface area contributed by atoms with Crippen molar-refractivity contribution in [2.24, 2.45) is 5.73 Å². The van der Waals surface area contributed by atoms with Crippen molar-refractivity contribution in [2.45, 2.75) is 26.1 Å². The summed E-state index contributed by atoms with van der Waals surface area (Å²) >= 11 is 0. The van der Waals surface area contributed by atoms with Gasteiger partial charge in [-0.2, -0.15) is 4.39 Å². The summed E-state index contributed by atoms with van der Waals surface area (Å²) in [5.41, 5.74) is 3.03. The molecule has 1 amide bonds. The smallest absolute Gasteiger partial charge is 0.350 e. The molecule has 1 rings (SSSR count). The number of H-pyrrole nitrogens is 1. The zero-order valence-corrected chi connectivity index (χ0v) is 11.4. The summed E-state index contributed by atoms with van der Waals surface area (Å²) in [5.74, 6) is -3.05. The lowest BCUT2D eigenvalue weighted by Crippen LogP contribution is -2.49. The summed E-state index contributed by atoms with van der Waals surface area (Å²) in [6.07, 6.45) is -1.13. The lowest BCUT2D eigenvalue weighted by Gasteiger charge is -2.20. The summed E-state index contributed by atoms with van der Waals surface area (Å²) < 4.78 is 18.5. The second-order valence-electron chi connectivity index (χ2n) is 4.10. The Labute approximate surface area is 117 Å². The Hall–Kier alpha value is -2.49. The Morgan fingerprint density at radius 1 is 1.52 bits per heavy atom. The predicted octanol–water partition coefficient (Wildman–Crippen LogP) is -1.80. The number of nitrogens with two attached hydrogens (primary N) is 1. The molecule has 4 N–H and O–H groups in total. The molecule has 9 nitrogen and oxygen atoms in total. The summed E-state index contributed by atoms with van der Waals surface area (Å²) in [6.45, 7) is 2.84. The number of ether oxygens (including phenoxy) is 1. The summed E-state index contributed by atoms with van der Waals surface area (Å²) in [4.78, 5) is 47.7. The van der Waals surface area contributed by atoms with Crippen molar-refractivity contribution in [2.75, 3.05) is 6.61 Å². The third-order valence-electron chi connectivity index (χ3n) is 2.40. The van der Waals surface area contributed by atoms with Gasteiger partial charge in [0.15, 0.2) is 0 Å². The predicted molar refractivity (Wildman–Crippen MR) is 68.7 cm³/mol. The van der Waals surface area contributed by atoms with Crippen molar-refractivity contribution in [3.05, 3.63) is 32.9 Å². The standard InChI is InChI=1S/C11H15FN4O5/c1-3-21-10(19)7(14-8(17)5(2)13)16-4-6(12)9(18)15-11(16)20/h4-5,7H,3,13H2,1-2H3,(H,14,17)(H,15,18,20)/t5-,7?/m1/s1. The first-order chi connectivity index (χ1) is 9.77. The zero-order chi connectivity index (χ0) is 16.2. The first-order valence-electron chi connectivity index (χ1n) is 6.01. The molecule has 1 aromatic rings. The number of nitrogens with zero attached hydrogens (tertiary/aromatic N) is 1. The number of amides is 1. The lowest BCUT2D eigenvalue weighted by molar-refractivity contribution is -0.150. The number of aromatic amines is 1. The molecule has 10 heteroatoms. The first kappa shape index (κ1) is 16.6. The van der Waals surface area contributed by atoms with Gasteiger partial charge in [0, 0.05) is 0 Å². The van der Waals surface area contributed by atoms with Crippen LogP contribution in [-0.4, -0.2) is 34.1 Å². The first-order valence-corrected chi connectivity index (χ1v) is 6.01. The number of halogens is 1. The molecule has 0 saturated heterocycles. The zero-order valence-electron chi connectivity index (χ0n) is 11.4. The third-order valence-corrected chi connectivity index (χ3v) is 2.40. The van der Waals surface area contributed by atoms with Crippen molar-refractivity contribution >= 4 is 11.9 Å². The maximum absolute atomic E-state index is 13.3. The van der Waals surface area contributed by atoms with E-state index in [-0.39, 0.29) is 6.61 Å². The molecule has 21 heavy (non-hydrogen) atoms. The van der Waals surface area contributed by atoms with Crippen molar-refractivity contribution in [1.29, 1.82) is 0 Å². The number of aromatic nitrogens is 2. The fourth-order valence-electron chi connectivity index (χ4n) is 1.38. The number of rotatable bonds is 5. The second-order valence-corrected chi connectivity index (χ2v) is 4.10. The number of esters is 1. The summed E-state index contributed by atoms with van der Waals surface area (Å²) in [7, 11) is 0. The van der Waals surface area contributed by atoms with Gasteiger partial charge < -0.3 is 15.8 Å². The molecule has 1 heterocycles. The Morgan fingerprint density at radius 2 is 2.14 bits per heavy atom. The van der Waals surface area contributed by atoms with Crippen LogP contribution in [0.2, 0.25) is 0 Å². The molecule has 0 fully saturated rings. The van der Waals surface area contributed by atoms with Crippen LogP contribution in [0.25, 0.3) is 0 Å². The van der Waals surface area contributed by atoms with E-state index in [1.165, 1.54) is 13.8 Å². The molecule has 0 bridgehead atoms. The molecule has 116 valence electrons. The van der Waals surface area contributed by atoms with E-state index in [1.807, 2.05) is 0 Å². The number of nitrogens with one attached hydrogen (secondary N) is 2. The van der Waals surface area contributed by atoms with E-state index in [9.17, 15) is 23.6 Å². The van der Waals surface area contributed by atoms with Gasteiger partial charge in [0.05, 0.1) is 18.8 Å². The lowest BCUT2D eigenvalue weighted by atomic mass is 10.3. The summed E-state index contributed by atoms with van der Waals surface area (Å²) in [5, 5.41) is 2.14. The van der Waals surface area contributed by atoms with Gasteiger partial charge in [0.1, 0.15) is 0 Å². The largest absolute Gasteiger partial charge is 0.463 e. The topological polar surface area (TPSA) is 136 Å². The van der Waals surface area contributed by atoms with Crippen molar-refractivity contribution in [3.63, 3.8) is 0 Å². The van der Waals surface area contributed by atoms with Gasteiger partial charge in [-0.15, -0.1) is 0 Å². The summed E-state index contributed by atoms with van der Waals surface area (Å²) in [6, 6.07) is -0.967. The van der Waals surface area contributed by atoms with Gasteiger partial charge in [0.2, 0.25) is 17.9 Å². The minimum absolute atomic E-state index is 0.0238. The minimum atomic E-state index is -1.64. The van der Waals surface area contributed by atoms with Crippen LogP contribution < -0.4 is 22.3 Å². The van der Waals surface area contributed by atoms with Gasteiger partial charge in [0.25, 0.3) is 5.56 Å². The van der Waals surface area contributed by atoms with Crippen LogP contribution in [0.5, 0.6) is 0 Å². The van der Waals surface area contributed by atoms with Crippen LogP contribution >= 0.6 is 0 Å². The molecule has 0 saturated carbocycles. The number of carbonyl (C=O) groups excluding carboxylic acids is 2. The average Bonchev–Trinajstić information content (AvgIpc) is 2.40. The number of carbonyl (C=O) groups is 2. The Balaban J connectivity index is 3.27. The van der Waals surface area contributed by atoms with Crippen LogP contribution in [0.15, 0.2) is 15.8 Å². The van der Waals surface area contributed by atoms with E-state index in [1.54, 1.807) is 4.98 Å². The van der Waals surface area contributed by atoms with Crippen LogP contribution in [0.3, 0.4) is 0 Å². The third kappa shape index (κ3) is 3.99. The minimum Gasteiger partial charge on any atom is -0.463 e. The second kappa shape index (κ2) is 6.79. The Kier molecular flexibility index (Phi) is 5.36. The molecule has 1 aromatic heterocycles. The van der Waals surface area contributed by atoms with Crippen LogP contribution in [-0.2, 0) is 14.3 Å². The molecule has 0 aliphatic heterocycles. The fourth-order valence-corrected chi connectivity index (χ4v) is 1.38. The van der Waals surface area contributed by atoms with Crippen LogP contribution in [0, 0.1) is 5.82 Å². The Morgan fingerprint density at radius 3 is 2.67 bits per heavy atom. The molecule has 1 unspecified atom stereocenters. The maximum atomic E-state index is 13.3. The number of hydrogen-bond acceptors (Lipinski definition) is 6. The van der Waals surface area contributed by atoms with E-state index < -0.39 is 41.2 Å². The van der Waals surface area contributed by atoms with Gasteiger partial charge in [-0.3, -0.25) is 19.1 Å².